The highest BCUT2D eigenvalue weighted by molar-refractivity contribution is 7.17. The molecular weight excluding hydrogens is 574 g/mol. The number of hydrogen-bond donors (Lipinski definition) is 3. The number of anilines is 3. The van der Waals surface area contributed by atoms with Crippen LogP contribution in [-0.4, -0.2) is 56.5 Å². The van der Waals surface area contributed by atoms with Crippen molar-refractivity contribution in [3.63, 3.8) is 0 Å². The summed E-state index contributed by atoms with van der Waals surface area (Å²) in [5, 5.41) is 13.0. The Hall–Kier alpha value is -3.12. The van der Waals surface area contributed by atoms with Gasteiger partial charge in [0.2, 0.25) is 0 Å². The highest BCUT2D eigenvalue weighted by Gasteiger charge is 2.24. The van der Waals surface area contributed by atoms with Crippen molar-refractivity contribution in [2.24, 2.45) is 11.7 Å². The summed E-state index contributed by atoms with van der Waals surface area (Å²) in [6.07, 6.45) is 8.16. The Balaban J connectivity index is 1.29. The SMILES string of the molecule is CCC(CCCCCN1CCC(c2cc(Nc3ncc(C(=O)N(Cl)c4ccccc4CN)s3)nc(C)n2)CC1)C(=O)O. The molecule has 42 heavy (non-hydrogen) atoms. The van der Waals surface area contributed by atoms with Crippen LogP contribution in [0.5, 0.6) is 0 Å². The molecular formula is C30H40ClN7O3S. The summed E-state index contributed by atoms with van der Waals surface area (Å²) in [7, 11) is 0. The molecule has 2 aromatic heterocycles. The van der Waals surface area contributed by atoms with Gasteiger partial charge >= 0.3 is 5.97 Å². The number of aryl methyl sites for hydroxylation is 1. The minimum atomic E-state index is -0.674. The van der Waals surface area contributed by atoms with Crippen LogP contribution in [-0.2, 0) is 11.3 Å². The lowest BCUT2D eigenvalue weighted by atomic mass is 9.93. The van der Waals surface area contributed by atoms with Gasteiger partial charge in [0.15, 0.2) is 5.13 Å². The topological polar surface area (TPSA) is 138 Å². The summed E-state index contributed by atoms with van der Waals surface area (Å²) in [4.78, 5) is 40.8. The number of rotatable bonds is 14. The van der Waals surface area contributed by atoms with E-state index in [1.54, 1.807) is 6.07 Å². The molecule has 1 fully saturated rings. The standard InChI is InChI=1S/C30H40ClN7O3S/c1-3-21(29(40)41)9-5-4-8-14-37-15-12-22(13-16-37)24-17-27(35-20(2)34-24)36-30-33-19-26(42-30)28(39)38(31)25-11-7-6-10-23(25)18-32/h6-7,10-11,17,19,21-22H,3-5,8-9,12-16,18,32H2,1-2H3,(H,40,41)(H,33,34,35,36). The van der Waals surface area contributed by atoms with Crippen molar-refractivity contribution in [1.29, 1.82) is 0 Å². The van der Waals surface area contributed by atoms with Gasteiger partial charge in [-0.05, 0) is 70.3 Å². The highest BCUT2D eigenvalue weighted by Crippen LogP contribution is 2.31. The van der Waals surface area contributed by atoms with Gasteiger partial charge in [0, 0.05) is 36.0 Å². The molecule has 1 atom stereocenters. The van der Waals surface area contributed by atoms with Gasteiger partial charge in [0.05, 0.1) is 17.8 Å². The van der Waals surface area contributed by atoms with Crippen molar-refractivity contribution < 1.29 is 14.7 Å². The van der Waals surface area contributed by atoms with E-state index in [2.05, 4.69) is 20.2 Å². The van der Waals surface area contributed by atoms with Gasteiger partial charge in [0.1, 0.15) is 16.5 Å². The first-order valence-electron chi connectivity index (χ1n) is 14.6. The number of aromatic nitrogens is 3. The van der Waals surface area contributed by atoms with E-state index in [0.29, 0.717) is 39.7 Å². The predicted octanol–water partition coefficient (Wildman–Crippen LogP) is 6.10. The van der Waals surface area contributed by atoms with Crippen molar-refractivity contribution >= 4 is 51.6 Å². The minimum Gasteiger partial charge on any atom is -0.481 e. The van der Waals surface area contributed by atoms with Crippen LogP contribution in [0.4, 0.5) is 16.6 Å². The Morgan fingerprint density at radius 1 is 1.21 bits per heavy atom. The van der Waals surface area contributed by atoms with Crippen molar-refractivity contribution in [3.8, 4) is 0 Å². The van der Waals surface area contributed by atoms with Gasteiger partial charge in [-0.15, -0.1) is 0 Å². The lowest BCUT2D eigenvalue weighted by Crippen LogP contribution is -2.34. The summed E-state index contributed by atoms with van der Waals surface area (Å²) in [5.74, 6) is 0.425. The number of carboxylic acid groups (broad SMARTS) is 1. The number of carbonyl (C=O) groups is 2. The Bertz CT molecular complexity index is 1350. The number of carboxylic acids is 1. The smallest absolute Gasteiger partial charge is 0.306 e. The van der Waals surface area contributed by atoms with E-state index < -0.39 is 5.97 Å². The number of carbonyl (C=O) groups excluding carboxylic acids is 1. The van der Waals surface area contributed by atoms with Gasteiger partial charge in [0.25, 0.3) is 5.91 Å². The number of thiazole rings is 1. The van der Waals surface area contributed by atoms with Crippen molar-refractivity contribution in [3.05, 3.63) is 58.5 Å². The molecule has 1 aliphatic heterocycles. The van der Waals surface area contributed by atoms with Crippen molar-refractivity contribution in [1.82, 2.24) is 19.9 Å². The molecule has 1 aliphatic rings. The second kappa shape index (κ2) is 15.4. The van der Waals surface area contributed by atoms with Gasteiger partial charge in [-0.2, -0.15) is 0 Å². The molecule has 10 nitrogen and oxygen atoms in total. The number of para-hydroxylation sites is 1. The summed E-state index contributed by atoms with van der Waals surface area (Å²) in [6.45, 7) is 7.18. The van der Waals surface area contributed by atoms with E-state index >= 15 is 0 Å². The number of aliphatic carboxylic acids is 1. The minimum absolute atomic E-state index is 0.211. The molecule has 0 radical (unpaired) electrons. The predicted molar refractivity (Wildman–Crippen MR) is 167 cm³/mol. The van der Waals surface area contributed by atoms with Gasteiger partial charge in [-0.3, -0.25) is 9.59 Å². The average Bonchev–Trinajstić information content (AvgIpc) is 3.46. The molecule has 0 saturated carbocycles. The van der Waals surface area contributed by atoms with Crippen LogP contribution >= 0.6 is 23.1 Å². The quantitative estimate of drug-likeness (QED) is 0.145. The van der Waals surface area contributed by atoms with Crippen molar-refractivity contribution in [2.75, 3.05) is 29.4 Å². The fraction of sp³-hybridized carbons (Fsp3) is 0.500. The number of halogens is 1. The highest BCUT2D eigenvalue weighted by atomic mass is 35.5. The average molecular weight is 614 g/mol. The normalized spacial score (nSPS) is 15.0. The lowest BCUT2D eigenvalue weighted by Gasteiger charge is -2.31. The molecule has 1 amide bonds. The molecule has 1 aromatic carbocycles. The molecule has 3 heterocycles. The Kier molecular flexibility index (Phi) is 11.6. The molecule has 0 bridgehead atoms. The number of nitrogens with one attached hydrogen (secondary N) is 1. The molecule has 1 saturated heterocycles. The molecule has 226 valence electrons. The van der Waals surface area contributed by atoms with E-state index in [0.717, 1.165) is 73.8 Å². The van der Waals surface area contributed by atoms with E-state index in [9.17, 15) is 14.7 Å². The summed E-state index contributed by atoms with van der Waals surface area (Å²) >= 11 is 7.60. The number of piperidine rings is 1. The second-order valence-electron chi connectivity index (χ2n) is 10.7. The van der Waals surface area contributed by atoms with Crippen LogP contribution in [0, 0.1) is 12.8 Å². The lowest BCUT2D eigenvalue weighted by molar-refractivity contribution is -0.142. The van der Waals surface area contributed by atoms with Crippen LogP contribution < -0.4 is 15.5 Å². The summed E-state index contributed by atoms with van der Waals surface area (Å²) < 4.78 is 1.08. The van der Waals surface area contributed by atoms with Crippen LogP contribution in [0.2, 0.25) is 0 Å². The number of hydrogen-bond acceptors (Lipinski definition) is 9. The number of nitrogens with two attached hydrogens (primary N) is 1. The fourth-order valence-electron chi connectivity index (χ4n) is 5.34. The Labute approximate surface area is 256 Å². The zero-order valence-corrected chi connectivity index (χ0v) is 25.8. The molecule has 0 spiro atoms. The molecule has 4 N–H and O–H groups in total. The van der Waals surface area contributed by atoms with Crippen molar-refractivity contribution in [2.45, 2.75) is 71.3 Å². The van der Waals surface area contributed by atoms with Crippen LogP contribution in [0.1, 0.15) is 84.5 Å². The number of amides is 1. The number of likely N-dealkylation sites (tertiary alicyclic amines) is 1. The third-order valence-corrected chi connectivity index (χ3v) is 9.02. The summed E-state index contributed by atoms with van der Waals surface area (Å²) in [5.41, 5.74) is 8.15. The Morgan fingerprint density at radius 2 is 1.98 bits per heavy atom. The van der Waals surface area contributed by atoms with E-state index in [1.165, 1.54) is 17.5 Å². The fourth-order valence-corrected chi connectivity index (χ4v) is 6.40. The molecule has 12 heteroatoms. The maximum absolute atomic E-state index is 13.0. The van der Waals surface area contributed by atoms with Crippen LogP contribution in [0.15, 0.2) is 36.5 Å². The molecule has 0 aliphatic carbocycles. The zero-order chi connectivity index (χ0) is 30.1. The monoisotopic (exact) mass is 613 g/mol. The van der Waals surface area contributed by atoms with E-state index in [-0.39, 0.29) is 18.4 Å². The van der Waals surface area contributed by atoms with Gasteiger partial charge < -0.3 is 21.1 Å². The van der Waals surface area contributed by atoms with Gasteiger partial charge in [-0.1, -0.05) is 49.3 Å². The first kappa shape index (κ1) is 31.8. The van der Waals surface area contributed by atoms with Gasteiger partial charge in [-0.25, -0.2) is 19.4 Å². The third-order valence-electron chi connectivity index (χ3n) is 7.79. The summed E-state index contributed by atoms with van der Waals surface area (Å²) in [6, 6.07) is 9.24. The first-order valence-corrected chi connectivity index (χ1v) is 15.8. The maximum Gasteiger partial charge on any atom is 0.306 e. The van der Waals surface area contributed by atoms with Crippen LogP contribution in [0.25, 0.3) is 0 Å². The third kappa shape index (κ3) is 8.47. The largest absolute Gasteiger partial charge is 0.481 e. The number of unbranched alkanes of at least 4 members (excludes halogenated alkanes) is 2. The molecule has 1 unspecified atom stereocenters. The maximum atomic E-state index is 13.0. The Morgan fingerprint density at radius 3 is 2.69 bits per heavy atom. The second-order valence-corrected chi connectivity index (χ2v) is 12.1. The van der Waals surface area contributed by atoms with Crippen LogP contribution in [0.3, 0.4) is 0 Å². The number of benzene rings is 1. The number of nitrogens with zero attached hydrogens (tertiary/aromatic N) is 5. The van der Waals surface area contributed by atoms with E-state index in [4.69, 9.17) is 22.5 Å². The zero-order valence-electron chi connectivity index (χ0n) is 24.3. The first-order chi connectivity index (χ1) is 20.3. The molecule has 4 rings (SSSR count). The van der Waals surface area contributed by atoms with E-state index in [1.807, 2.05) is 38.1 Å². The molecule has 3 aromatic rings.